The van der Waals surface area contributed by atoms with E-state index in [1.54, 1.807) is 0 Å². The van der Waals surface area contributed by atoms with Crippen LogP contribution in [-0.4, -0.2) is 0 Å². The van der Waals surface area contributed by atoms with Gasteiger partial charge in [0, 0.05) is 0 Å². The highest BCUT2D eigenvalue weighted by Crippen LogP contribution is 2.14. The van der Waals surface area contributed by atoms with Crippen LogP contribution >= 0.6 is 0 Å². The van der Waals surface area contributed by atoms with Gasteiger partial charge in [-0.25, -0.2) is 0 Å². The zero-order chi connectivity index (χ0) is 14.3. The van der Waals surface area contributed by atoms with Gasteiger partial charge < -0.3 is 0 Å². The summed E-state index contributed by atoms with van der Waals surface area (Å²) < 4.78 is 0. The Morgan fingerprint density at radius 3 is 1.53 bits per heavy atom. The minimum Gasteiger partial charge on any atom is -0.0961 e. The molecule has 0 heterocycles. The number of allylic oxidation sites excluding steroid dienone is 3. The van der Waals surface area contributed by atoms with Crippen LogP contribution in [0.15, 0.2) is 23.8 Å². The summed E-state index contributed by atoms with van der Waals surface area (Å²) in [4.78, 5) is 0. The van der Waals surface area contributed by atoms with Crippen LogP contribution in [0.1, 0.15) is 81.1 Å². The van der Waals surface area contributed by atoms with E-state index >= 15 is 0 Å². The van der Waals surface area contributed by atoms with Crippen LogP contribution in [0.4, 0.5) is 0 Å². The monoisotopic (exact) mass is 240 g/mol. The Hall–Kier alpha value is -0.520. The highest BCUT2D eigenvalue weighted by atomic mass is 14.0. The largest absolute Gasteiger partial charge is 0.0961 e. The molecule has 0 aliphatic heterocycles. The Bertz CT molecular complexity index is 172. The van der Waals surface area contributed by atoms with Crippen LogP contribution < -0.4 is 0 Å². The zero-order valence-electron chi connectivity index (χ0n) is 13.7. The molecule has 0 spiro atoms. The summed E-state index contributed by atoms with van der Waals surface area (Å²) >= 11 is 0. The summed E-state index contributed by atoms with van der Waals surface area (Å²) in [5.41, 5.74) is 2.59. The Morgan fingerprint density at radius 1 is 1.00 bits per heavy atom. The predicted molar refractivity (Wildman–Crippen MR) is 84.6 cm³/mol. The first kappa shape index (κ1) is 21.7. The summed E-state index contributed by atoms with van der Waals surface area (Å²) in [5, 5.41) is 0. The van der Waals surface area contributed by atoms with Crippen molar-refractivity contribution in [2.75, 3.05) is 0 Å². The molecule has 0 aliphatic rings. The lowest BCUT2D eigenvalue weighted by Gasteiger charge is -2.07. The molecule has 0 aromatic carbocycles. The molecule has 17 heavy (non-hydrogen) atoms. The SMILES string of the molecule is C=C(C)/C=C(\C)C(C)CC.CCC.CCCC. The second kappa shape index (κ2) is 17.9. The van der Waals surface area contributed by atoms with Gasteiger partial charge in [-0.2, -0.15) is 0 Å². The third-order valence-corrected chi connectivity index (χ3v) is 2.36. The molecule has 1 atom stereocenters. The summed E-state index contributed by atoms with van der Waals surface area (Å²) in [6.45, 7) is 21.1. The van der Waals surface area contributed by atoms with Crippen LogP contribution in [0, 0.1) is 5.92 Å². The molecule has 0 saturated carbocycles. The number of rotatable bonds is 4. The average molecular weight is 240 g/mol. The molecule has 0 aromatic rings. The molecular weight excluding hydrogens is 204 g/mol. The maximum atomic E-state index is 3.84. The number of unbranched alkanes of at least 4 members (excludes halogenated alkanes) is 1. The molecule has 1 unspecified atom stereocenters. The Balaban J connectivity index is -0.000000232. The van der Waals surface area contributed by atoms with Crippen LogP contribution in [0.5, 0.6) is 0 Å². The van der Waals surface area contributed by atoms with Gasteiger partial charge in [-0.3, -0.25) is 0 Å². The maximum absolute atomic E-state index is 3.84. The Kier molecular flexibility index (Phi) is 22.8. The minimum absolute atomic E-state index is 0.705. The van der Waals surface area contributed by atoms with Gasteiger partial charge in [0.25, 0.3) is 0 Å². The van der Waals surface area contributed by atoms with Crippen LogP contribution in [-0.2, 0) is 0 Å². The predicted octanol–water partition coefficient (Wildman–Crippen LogP) is 6.78. The molecule has 104 valence electrons. The second-order valence-corrected chi connectivity index (χ2v) is 4.75. The van der Waals surface area contributed by atoms with Crippen molar-refractivity contribution in [2.45, 2.75) is 81.1 Å². The highest BCUT2D eigenvalue weighted by molar-refractivity contribution is 5.18. The van der Waals surface area contributed by atoms with Crippen molar-refractivity contribution in [1.29, 1.82) is 0 Å². The third-order valence-electron chi connectivity index (χ3n) is 2.36. The number of hydrogen-bond donors (Lipinski definition) is 0. The van der Waals surface area contributed by atoms with Gasteiger partial charge in [0.2, 0.25) is 0 Å². The van der Waals surface area contributed by atoms with E-state index in [0.717, 1.165) is 5.57 Å². The first-order valence-electron chi connectivity index (χ1n) is 7.24. The van der Waals surface area contributed by atoms with Crippen molar-refractivity contribution >= 4 is 0 Å². The van der Waals surface area contributed by atoms with Crippen molar-refractivity contribution in [3.8, 4) is 0 Å². The number of hydrogen-bond acceptors (Lipinski definition) is 0. The normalized spacial score (nSPS) is 11.6. The van der Waals surface area contributed by atoms with Crippen molar-refractivity contribution < 1.29 is 0 Å². The van der Waals surface area contributed by atoms with Crippen LogP contribution in [0.3, 0.4) is 0 Å². The lowest BCUT2D eigenvalue weighted by molar-refractivity contribution is 0.655. The molecular formula is C17H36. The van der Waals surface area contributed by atoms with E-state index in [1.165, 1.54) is 31.3 Å². The Morgan fingerprint density at radius 2 is 1.35 bits per heavy atom. The van der Waals surface area contributed by atoms with E-state index in [9.17, 15) is 0 Å². The fraction of sp³-hybridized carbons (Fsp3) is 0.765. The van der Waals surface area contributed by atoms with E-state index in [4.69, 9.17) is 0 Å². The van der Waals surface area contributed by atoms with Gasteiger partial charge in [-0.15, -0.1) is 0 Å². The topological polar surface area (TPSA) is 0 Å². The van der Waals surface area contributed by atoms with E-state index in [0.29, 0.717) is 5.92 Å². The smallest absolute Gasteiger partial charge is 0.0234 e. The highest BCUT2D eigenvalue weighted by Gasteiger charge is 1.98. The molecule has 0 rings (SSSR count). The molecule has 0 saturated heterocycles. The molecule has 0 bridgehead atoms. The molecule has 0 aliphatic carbocycles. The van der Waals surface area contributed by atoms with Crippen molar-refractivity contribution in [3.63, 3.8) is 0 Å². The quantitative estimate of drug-likeness (QED) is 0.475. The standard InChI is InChI=1S/C10H18.C4H10.C3H8/c1-6-9(4)10(5)7-8(2)3;1-3-4-2;1-3-2/h7,9H,2,6H2,1,3-5H3;3-4H2,1-2H3;3H2,1-2H3/b10-7+;;. The fourth-order valence-corrected chi connectivity index (χ4v) is 0.853. The summed E-state index contributed by atoms with van der Waals surface area (Å²) in [6.07, 6.45) is 7.27. The zero-order valence-corrected chi connectivity index (χ0v) is 13.7. The molecule has 0 radical (unpaired) electrons. The van der Waals surface area contributed by atoms with Gasteiger partial charge in [0.15, 0.2) is 0 Å². The second-order valence-electron chi connectivity index (χ2n) is 4.75. The van der Waals surface area contributed by atoms with Crippen molar-refractivity contribution in [2.24, 2.45) is 5.92 Å². The Labute approximate surface area is 111 Å². The molecule has 0 heteroatoms. The summed E-state index contributed by atoms with van der Waals surface area (Å²) in [5.74, 6) is 0.705. The molecule has 0 amide bonds. The molecule has 0 N–H and O–H groups in total. The third kappa shape index (κ3) is 25.6. The van der Waals surface area contributed by atoms with Gasteiger partial charge in [0.1, 0.15) is 0 Å². The van der Waals surface area contributed by atoms with E-state index in [-0.39, 0.29) is 0 Å². The van der Waals surface area contributed by atoms with Gasteiger partial charge >= 0.3 is 0 Å². The molecule has 0 fully saturated rings. The maximum Gasteiger partial charge on any atom is -0.0234 e. The van der Waals surface area contributed by atoms with Crippen molar-refractivity contribution in [3.05, 3.63) is 23.8 Å². The van der Waals surface area contributed by atoms with Crippen LogP contribution in [0.2, 0.25) is 0 Å². The van der Waals surface area contributed by atoms with E-state index in [1.807, 2.05) is 6.92 Å². The van der Waals surface area contributed by atoms with E-state index in [2.05, 4.69) is 61.1 Å². The summed E-state index contributed by atoms with van der Waals surface area (Å²) in [6, 6.07) is 0. The first-order chi connectivity index (χ1) is 7.90. The lowest BCUT2D eigenvalue weighted by atomic mass is 9.98. The van der Waals surface area contributed by atoms with Gasteiger partial charge in [0.05, 0.1) is 0 Å². The lowest BCUT2D eigenvalue weighted by Crippen LogP contribution is -1.93. The minimum atomic E-state index is 0.705. The summed E-state index contributed by atoms with van der Waals surface area (Å²) in [7, 11) is 0. The molecule has 0 nitrogen and oxygen atoms in total. The first-order valence-corrected chi connectivity index (χ1v) is 7.24. The van der Waals surface area contributed by atoms with Crippen molar-refractivity contribution in [1.82, 2.24) is 0 Å². The average Bonchev–Trinajstić information content (AvgIpc) is 2.28. The van der Waals surface area contributed by atoms with Crippen LogP contribution in [0.25, 0.3) is 0 Å². The van der Waals surface area contributed by atoms with E-state index < -0.39 is 0 Å². The molecule has 0 aromatic heterocycles. The van der Waals surface area contributed by atoms with Gasteiger partial charge in [-0.05, 0) is 26.2 Å². The fourth-order valence-electron chi connectivity index (χ4n) is 0.853. The van der Waals surface area contributed by atoms with Gasteiger partial charge in [-0.1, -0.05) is 84.6 Å².